The summed E-state index contributed by atoms with van der Waals surface area (Å²) in [5, 5.41) is 11.8. The Bertz CT molecular complexity index is 909. The van der Waals surface area contributed by atoms with Crippen LogP contribution >= 0.6 is 0 Å². The Labute approximate surface area is 143 Å². The molecule has 1 amide bonds. The van der Waals surface area contributed by atoms with Crippen LogP contribution < -0.4 is 19.5 Å². The molecule has 7 heteroatoms. The highest BCUT2D eigenvalue weighted by atomic mass is 16.5. The number of nitrogens with zero attached hydrogens (tertiary/aromatic N) is 1. The van der Waals surface area contributed by atoms with Gasteiger partial charge in [0.25, 0.3) is 0 Å². The van der Waals surface area contributed by atoms with Gasteiger partial charge < -0.3 is 19.3 Å². The van der Waals surface area contributed by atoms with Crippen LogP contribution in [0, 0.1) is 0 Å². The van der Waals surface area contributed by atoms with Crippen LogP contribution in [0.3, 0.4) is 0 Å². The second-order valence-corrected chi connectivity index (χ2v) is 5.09. The second kappa shape index (κ2) is 6.96. The van der Waals surface area contributed by atoms with Crippen molar-refractivity contribution in [3.8, 4) is 23.0 Å². The summed E-state index contributed by atoms with van der Waals surface area (Å²) in [6, 6.07) is 11.9. The molecule has 3 rings (SSSR count). The zero-order valence-corrected chi connectivity index (χ0v) is 13.6. The van der Waals surface area contributed by atoms with Gasteiger partial charge in [-0.05, 0) is 36.4 Å². The summed E-state index contributed by atoms with van der Waals surface area (Å²) >= 11 is 0. The fraction of sp³-hybridized carbons (Fsp3) is 0.111. The number of pyridine rings is 1. The molecule has 128 valence electrons. The molecular weight excluding hydrogens is 324 g/mol. The Balaban J connectivity index is 1.94. The summed E-state index contributed by atoms with van der Waals surface area (Å²) in [5.41, 5.74) is 1.17. The minimum absolute atomic E-state index is 0.464. The highest BCUT2D eigenvalue weighted by molar-refractivity contribution is 5.88. The van der Waals surface area contributed by atoms with E-state index >= 15 is 0 Å². The van der Waals surface area contributed by atoms with E-state index in [1.807, 2.05) is 0 Å². The summed E-state index contributed by atoms with van der Waals surface area (Å²) in [4.78, 5) is 15.0. The molecule has 0 aliphatic carbocycles. The normalized spacial score (nSPS) is 10.3. The summed E-state index contributed by atoms with van der Waals surface area (Å²) in [7, 11) is 3.13. The molecule has 0 fully saturated rings. The zero-order valence-electron chi connectivity index (χ0n) is 13.6. The number of aromatic nitrogens is 1. The monoisotopic (exact) mass is 340 g/mol. The molecule has 0 unspecified atom stereocenters. The van der Waals surface area contributed by atoms with E-state index < -0.39 is 6.09 Å². The van der Waals surface area contributed by atoms with Gasteiger partial charge in [0.2, 0.25) is 0 Å². The molecule has 0 saturated heterocycles. The van der Waals surface area contributed by atoms with E-state index in [0.717, 1.165) is 5.39 Å². The molecule has 2 N–H and O–H groups in total. The van der Waals surface area contributed by atoms with E-state index in [-0.39, 0.29) is 0 Å². The molecule has 0 bridgehead atoms. The lowest BCUT2D eigenvalue weighted by atomic mass is 10.2. The lowest BCUT2D eigenvalue weighted by Gasteiger charge is -2.12. The Morgan fingerprint density at radius 1 is 1.00 bits per heavy atom. The van der Waals surface area contributed by atoms with Gasteiger partial charge in [-0.1, -0.05) is 0 Å². The number of rotatable bonds is 5. The largest absolute Gasteiger partial charge is 0.493 e. The van der Waals surface area contributed by atoms with Gasteiger partial charge >= 0.3 is 6.09 Å². The third-order valence-electron chi connectivity index (χ3n) is 3.54. The van der Waals surface area contributed by atoms with E-state index in [2.05, 4.69) is 10.3 Å². The summed E-state index contributed by atoms with van der Waals surface area (Å²) < 4.78 is 16.5. The number of carbonyl (C=O) groups is 1. The standard InChI is InChI=1S/C18H16N2O5/c1-23-16-9-13-14(10-17(16)24-2)19-8-7-15(13)25-12-5-3-11(4-6-12)20-18(21)22/h3-10,20H,1-2H3,(H,21,22). The van der Waals surface area contributed by atoms with Crippen LogP contribution in [0.1, 0.15) is 0 Å². The average Bonchev–Trinajstić information content (AvgIpc) is 2.62. The van der Waals surface area contributed by atoms with Gasteiger partial charge in [-0.2, -0.15) is 0 Å². The number of hydrogen-bond donors (Lipinski definition) is 2. The van der Waals surface area contributed by atoms with Crippen molar-refractivity contribution >= 4 is 22.7 Å². The van der Waals surface area contributed by atoms with Crippen LogP contribution in [0.4, 0.5) is 10.5 Å². The number of nitrogens with one attached hydrogen (secondary N) is 1. The van der Waals surface area contributed by atoms with Crippen molar-refractivity contribution in [3.63, 3.8) is 0 Å². The van der Waals surface area contributed by atoms with Crippen molar-refractivity contribution in [2.24, 2.45) is 0 Å². The summed E-state index contributed by atoms with van der Waals surface area (Å²) in [5.74, 6) is 2.33. The summed E-state index contributed by atoms with van der Waals surface area (Å²) in [6.45, 7) is 0. The predicted molar refractivity (Wildman–Crippen MR) is 93.0 cm³/mol. The topological polar surface area (TPSA) is 89.9 Å². The first-order valence-electron chi connectivity index (χ1n) is 7.39. The molecule has 1 aromatic heterocycles. The maximum atomic E-state index is 10.6. The van der Waals surface area contributed by atoms with E-state index in [4.69, 9.17) is 19.3 Å². The van der Waals surface area contributed by atoms with Gasteiger partial charge in [0.1, 0.15) is 11.5 Å². The fourth-order valence-electron chi connectivity index (χ4n) is 2.39. The molecular formula is C18H16N2O5. The van der Waals surface area contributed by atoms with Crippen LogP contribution in [-0.2, 0) is 0 Å². The van der Waals surface area contributed by atoms with Crippen LogP contribution in [0.2, 0.25) is 0 Å². The number of carboxylic acid groups (broad SMARTS) is 1. The maximum Gasteiger partial charge on any atom is 0.409 e. The van der Waals surface area contributed by atoms with Gasteiger partial charge in [0, 0.05) is 23.3 Å². The van der Waals surface area contributed by atoms with Crippen molar-refractivity contribution < 1.29 is 24.1 Å². The number of anilines is 1. The van der Waals surface area contributed by atoms with E-state index in [1.165, 1.54) is 0 Å². The zero-order chi connectivity index (χ0) is 17.8. The van der Waals surface area contributed by atoms with Crippen LogP contribution in [-0.4, -0.2) is 30.4 Å². The molecule has 3 aromatic rings. The van der Waals surface area contributed by atoms with Crippen molar-refractivity contribution in [1.29, 1.82) is 0 Å². The van der Waals surface area contributed by atoms with Gasteiger partial charge in [0.15, 0.2) is 11.5 Å². The fourth-order valence-corrected chi connectivity index (χ4v) is 2.39. The van der Waals surface area contributed by atoms with E-state index in [9.17, 15) is 4.79 Å². The van der Waals surface area contributed by atoms with Crippen molar-refractivity contribution in [3.05, 3.63) is 48.7 Å². The number of methoxy groups -OCH3 is 2. The molecule has 1 heterocycles. The van der Waals surface area contributed by atoms with Crippen molar-refractivity contribution in [1.82, 2.24) is 4.98 Å². The average molecular weight is 340 g/mol. The molecule has 0 atom stereocenters. The van der Waals surface area contributed by atoms with Gasteiger partial charge in [-0.25, -0.2) is 4.79 Å². The first-order valence-corrected chi connectivity index (χ1v) is 7.39. The first kappa shape index (κ1) is 16.4. The van der Waals surface area contributed by atoms with Crippen molar-refractivity contribution in [2.75, 3.05) is 19.5 Å². The minimum atomic E-state index is -1.12. The number of fused-ring (bicyclic) bond motifs is 1. The Hall–Kier alpha value is -3.48. The molecule has 0 radical (unpaired) electrons. The molecule has 0 saturated carbocycles. The molecule has 0 aliphatic heterocycles. The van der Waals surface area contributed by atoms with Crippen molar-refractivity contribution in [2.45, 2.75) is 0 Å². The molecule has 7 nitrogen and oxygen atoms in total. The Morgan fingerprint density at radius 3 is 2.32 bits per heavy atom. The van der Waals surface area contributed by atoms with Gasteiger partial charge in [-0.3, -0.25) is 10.3 Å². The molecule has 0 spiro atoms. The molecule has 0 aliphatic rings. The second-order valence-electron chi connectivity index (χ2n) is 5.09. The lowest BCUT2D eigenvalue weighted by molar-refractivity contribution is 0.209. The number of benzene rings is 2. The van der Waals surface area contributed by atoms with Crippen LogP contribution in [0.25, 0.3) is 10.9 Å². The number of hydrogen-bond acceptors (Lipinski definition) is 5. The van der Waals surface area contributed by atoms with E-state index in [0.29, 0.717) is 34.2 Å². The van der Waals surface area contributed by atoms with E-state index in [1.54, 1.807) is 62.9 Å². The molecule has 2 aromatic carbocycles. The quantitative estimate of drug-likeness (QED) is 0.726. The van der Waals surface area contributed by atoms with Crippen LogP contribution in [0.5, 0.6) is 23.0 Å². The third kappa shape index (κ3) is 3.55. The highest BCUT2D eigenvalue weighted by Crippen LogP contribution is 2.36. The first-order chi connectivity index (χ1) is 12.1. The maximum absolute atomic E-state index is 10.6. The van der Waals surface area contributed by atoms with Gasteiger partial charge in [0.05, 0.1) is 19.7 Å². The van der Waals surface area contributed by atoms with Crippen LogP contribution in [0.15, 0.2) is 48.7 Å². The highest BCUT2D eigenvalue weighted by Gasteiger charge is 2.11. The predicted octanol–water partition coefficient (Wildman–Crippen LogP) is 4.13. The molecule has 25 heavy (non-hydrogen) atoms. The summed E-state index contributed by atoms with van der Waals surface area (Å²) in [6.07, 6.45) is 0.527. The number of amides is 1. The Kier molecular flexibility index (Phi) is 4.56. The SMILES string of the molecule is COc1cc2nccc(Oc3ccc(NC(=O)O)cc3)c2cc1OC. The Morgan fingerprint density at radius 2 is 1.68 bits per heavy atom. The third-order valence-corrected chi connectivity index (χ3v) is 3.54. The lowest BCUT2D eigenvalue weighted by Crippen LogP contribution is -2.06. The number of ether oxygens (including phenoxy) is 3. The van der Waals surface area contributed by atoms with Gasteiger partial charge in [-0.15, -0.1) is 0 Å². The minimum Gasteiger partial charge on any atom is -0.493 e. The smallest absolute Gasteiger partial charge is 0.409 e.